The number of aromatic nitrogens is 4. The molecule has 0 atom stereocenters. The normalized spacial score (nSPS) is 14.3. The van der Waals surface area contributed by atoms with Crippen molar-refractivity contribution in [3.63, 3.8) is 0 Å². The van der Waals surface area contributed by atoms with E-state index in [9.17, 15) is 9.18 Å². The van der Waals surface area contributed by atoms with Gasteiger partial charge in [0.05, 0.1) is 5.69 Å². The van der Waals surface area contributed by atoms with Crippen LogP contribution in [-0.4, -0.2) is 26.0 Å². The molecule has 1 fully saturated rings. The van der Waals surface area contributed by atoms with E-state index in [2.05, 4.69) is 29.4 Å². The summed E-state index contributed by atoms with van der Waals surface area (Å²) in [7, 11) is 0. The van der Waals surface area contributed by atoms with Crippen molar-refractivity contribution in [2.75, 3.05) is 0 Å². The van der Waals surface area contributed by atoms with Gasteiger partial charge in [0.25, 0.3) is 0 Å². The Balaban J connectivity index is 1.78. The van der Waals surface area contributed by atoms with Crippen LogP contribution in [0, 0.1) is 17.2 Å². The molecule has 1 saturated carbocycles. The topological polar surface area (TPSA) is 60.7 Å². The molecule has 0 saturated heterocycles. The van der Waals surface area contributed by atoms with E-state index < -0.39 is 0 Å². The summed E-state index contributed by atoms with van der Waals surface area (Å²) in [5.41, 5.74) is 3.03. The van der Waals surface area contributed by atoms with Gasteiger partial charge < -0.3 is 0 Å². The number of carbonyl (C=O) groups excluding carboxylic acids is 1. The van der Waals surface area contributed by atoms with Gasteiger partial charge >= 0.3 is 0 Å². The first-order chi connectivity index (χ1) is 14.2. The van der Waals surface area contributed by atoms with Crippen LogP contribution >= 0.6 is 0 Å². The molecule has 1 aliphatic carbocycles. The Kier molecular flexibility index (Phi) is 5.26. The second-order valence-corrected chi connectivity index (χ2v) is 9.24. The maximum absolute atomic E-state index is 13.4. The second kappa shape index (κ2) is 7.74. The smallest absolute Gasteiger partial charge is 0.163 e. The predicted octanol–water partition coefficient (Wildman–Crippen LogP) is 5.60. The lowest BCUT2D eigenvalue weighted by Gasteiger charge is -2.23. The largest absolute Gasteiger partial charge is 0.294 e. The molecule has 0 unspecified atom stereocenters. The Morgan fingerprint density at radius 1 is 1.13 bits per heavy atom. The van der Waals surface area contributed by atoms with Crippen LogP contribution in [0.3, 0.4) is 0 Å². The number of rotatable bonds is 7. The van der Waals surface area contributed by atoms with Gasteiger partial charge in [0.2, 0.25) is 0 Å². The van der Waals surface area contributed by atoms with E-state index in [-0.39, 0.29) is 22.9 Å². The molecule has 1 aromatic heterocycles. The summed E-state index contributed by atoms with van der Waals surface area (Å²) in [6.07, 6.45) is 2.89. The average Bonchev–Trinajstić information content (AvgIpc) is 3.45. The molecule has 6 heteroatoms. The molecule has 4 rings (SSSR count). The van der Waals surface area contributed by atoms with Crippen LogP contribution < -0.4 is 0 Å². The van der Waals surface area contributed by atoms with Crippen molar-refractivity contribution in [1.82, 2.24) is 20.2 Å². The summed E-state index contributed by atoms with van der Waals surface area (Å²) in [4.78, 5) is 13.2. The van der Waals surface area contributed by atoms with Crippen LogP contribution in [0.25, 0.3) is 16.8 Å². The van der Waals surface area contributed by atoms with E-state index in [0.717, 1.165) is 22.6 Å². The number of nitrogens with zero attached hydrogens (tertiary/aromatic N) is 4. The van der Waals surface area contributed by atoms with E-state index in [1.54, 1.807) is 16.8 Å². The molecule has 0 amide bonds. The highest BCUT2D eigenvalue weighted by Gasteiger charge is 2.39. The van der Waals surface area contributed by atoms with E-state index in [4.69, 9.17) is 0 Å². The minimum absolute atomic E-state index is 0.0129. The highest BCUT2D eigenvalue weighted by Crippen LogP contribution is 2.47. The van der Waals surface area contributed by atoms with Gasteiger partial charge in [-0.05, 0) is 76.1 Å². The van der Waals surface area contributed by atoms with Gasteiger partial charge in [0.1, 0.15) is 5.82 Å². The zero-order valence-electron chi connectivity index (χ0n) is 17.9. The van der Waals surface area contributed by atoms with E-state index >= 15 is 0 Å². The van der Waals surface area contributed by atoms with Crippen molar-refractivity contribution in [3.8, 4) is 16.8 Å². The minimum Gasteiger partial charge on any atom is -0.294 e. The third-order valence-electron chi connectivity index (χ3n) is 5.97. The highest BCUT2D eigenvalue weighted by molar-refractivity contribution is 5.98. The minimum atomic E-state index is -0.292. The number of ketones is 1. The predicted molar refractivity (Wildman–Crippen MR) is 114 cm³/mol. The van der Waals surface area contributed by atoms with E-state index in [1.165, 1.54) is 25.0 Å². The van der Waals surface area contributed by atoms with Crippen LogP contribution in [-0.2, 0) is 0 Å². The molecule has 5 nitrogen and oxygen atoms in total. The lowest BCUT2D eigenvalue weighted by molar-refractivity contribution is 0.0917. The van der Waals surface area contributed by atoms with Crippen LogP contribution in [0.1, 0.15) is 69.1 Å². The lowest BCUT2D eigenvalue weighted by atomic mass is 9.80. The zero-order chi connectivity index (χ0) is 21.5. The number of hydrogen-bond donors (Lipinski definition) is 0. The van der Waals surface area contributed by atoms with Crippen LogP contribution in [0.2, 0.25) is 0 Å². The summed E-state index contributed by atoms with van der Waals surface area (Å²) in [6.45, 7) is 8.39. The SMILES string of the molecule is CC(C)c1nnnn1-c1cc(C(=O)CC(C)(C)C2CC2)cc(-c2ccc(F)cc2)c1. The van der Waals surface area contributed by atoms with Crippen molar-refractivity contribution in [3.05, 3.63) is 59.7 Å². The fourth-order valence-corrected chi connectivity index (χ4v) is 3.97. The summed E-state index contributed by atoms with van der Waals surface area (Å²) in [5, 5.41) is 12.1. The summed E-state index contributed by atoms with van der Waals surface area (Å²) < 4.78 is 15.1. The number of carbonyl (C=O) groups is 1. The first-order valence-corrected chi connectivity index (χ1v) is 10.5. The fraction of sp³-hybridized carbons (Fsp3) is 0.417. The standard InChI is InChI=1S/C24H27FN4O/c1-15(2)23-26-27-28-29(23)21-12-17(16-5-9-20(25)10-6-16)11-18(13-21)22(30)14-24(3,4)19-7-8-19/h5-6,9-13,15,19H,7-8,14H2,1-4H3. The first-order valence-electron chi connectivity index (χ1n) is 10.5. The Hall–Kier alpha value is -2.89. The molecule has 0 bridgehead atoms. The molecule has 0 radical (unpaired) electrons. The number of hydrogen-bond acceptors (Lipinski definition) is 4. The summed E-state index contributed by atoms with van der Waals surface area (Å²) in [5.74, 6) is 1.29. The maximum atomic E-state index is 13.4. The fourth-order valence-electron chi connectivity index (χ4n) is 3.97. The molecule has 156 valence electrons. The maximum Gasteiger partial charge on any atom is 0.163 e. The van der Waals surface area contributed by atoms with Crippen LogP contribution in [0.4, 0.5) is 4.39 Å². The molecule has 2 aromatic carbocycles. The molecule has 0 aliphatic heterocycles. The Morgan fingerprint density at radius 2 is 1.83 bits per heavy atom. The van der Waals surface area contributed by atoms with Crippen LogP contribution in [0.5, 0.6) is 0 Å². The van der Waals surface area contributed by atoms with Crippen LogP contribution in [0.15, 0.2) is 42.5 Å². The van der Waals surface area contributed by atoms with Gasteiger partial charge in [-0.1, -0.05) is 39.8 Å². The number of Topliss-reactive ketones (excluding diaryl/α,β-unsaturated/α-hetero) is 1. The molecule has 0 spiro atoms. The monoisotopic (exact) mass is 406 g/mol. The second-order valence-electron chi connectivity index (χ2n) is 9.24. The van der Waals surface area contributed by atoms with Crippen molar-refractivity contribution >= 4 is 5.78 Å². The molecule has 30 heavy (non-hydrogen) atoms. The van der Waals surface area contributed by atoms with Crippen molar-refractivity contribution in [2.24, 2.45) is 11.3 Å². The summed E-state index contributed by atoms with van der Waals surface area (Å²) >= 11 is 0. The van der Waals surface area contributed by atoms with Gasteiger partial charge in [0, 0.05) is 17.9 Å². The first kappa shape index (κ1) is 20.4. The molecule has 0 N–H and O–H groups in total. The third-order valence-corrected chi connectivity index (χ3v) is 5.97. The third kappa shape index (κ3) is 4.18. The lowest BCUT2D eigenvalue weighted by Crippen LogP contribution is -2.19. The molecule has 3 aromatic rings. The quantitative estimate of drug-likeness (QED) is 0.479. The van der Waals surface area contributed by atoms with Gasteiger partial charge in [0.15, 0.2) is 11.6 Å². The zero-order valence-corrected chi connectivity index (χ0v) is 17.9. The van der Waals surface area contributed by atoms with E-state index in [0.29, 0.717) is 17.9 Å². The van der Waals surface area contributed by atoms with Crippen molar-refractivity contribution in [1.29, 1.82) is 0 Å². The Labute approximate surface area is 176 Å². The Morgan fingerprint density at radius 3 is 2.47 bits per heavy atom. The van der Waals surface area contributed by atoms with E-state index in [1.807, 2.05) is 32.0 Å². The van der Waals surface area contributed by atoms with Gasteiger partial charge in [-0.3, -0.25) is 4.79 Å². The Bertz CT molecular complexity index is 1070. The van der Waals surface area contributed by atoms with Gasteiger partial charge in [-0.15, -0.1) is 5.10 Å². The highest BCUT2D eigenvalue weighted by atomic mass is 19.1. The molecule has 1 heterocycles. The molecular formula is C24H27FN4O. The average molecular weight is 407 g/mol. The number of tetrazole rings is 1. The van der Waals surface area contributed by atoms with Gasteiger partial charge in [-0.25, -0.2) is 4.39 Å². The summed E-state index contributed by atoms with van der Waals surface area (Å²) in [6, 6.07) is 12.0. The molecular weight excluding hydrogens is 379 g/mol. The number of halogens is 1. The number of benzene rings is 2. The van der Waals surface area contributed by atoms with Crippen molar-refractivity contribution in [2.45, 2.75) is 52.9 Å². The van der Waals surface area contributed by atoms with Gasteiger partial charge in [-0.2, -0.15) is 4.68 Å². The molecule has 1 aliphatic rings. The van der Waals surface area contributed by atoms with Crippen molar-refractivity contribution < 1.29 is 9.18 Å².